The standard InChI is InChI=1S/C18H12ClF3O3/c19-14-8-4-12(5-9-14)16(2-1-3-17(23)24)13-6-10-15(11-7-13)25-18(20,21)22/h1-11H,(H,23,24). The summed E-state index contributed by atoms with van der Waals surface area (Å²) in [5.74, 6) is -1.45. The van der Waals surface area contributed by atoms with Crippen LogP contribution in [-0.4, -0.2) is 17.4 Å². The molecule has 0 fully saturated rings. The van der Waals surface area contributed by atoms with E-state index in [4.69, 9.17) is 16.7 Å². The van der Waals surface area contributed by atoms with E-state index < -0.39 is 12.3 Å². The van der Waals surface area contributed by atoms with Gasteiger partial charge in [-0.1, -0.05) is 48.0 Å². The maximum Gasteiger partial charge on any atom is 0.573 e. The highest BCUT2D eigenvalue weighted by molar-refractivity contribution is 6.30. The van der Waals surface area contributed by atoms with Crippen molar-refractivity contribution in [3.8, 4) is 5.75 Å². The van der Waals surface area contributed by atoms with Crippen molar-refractivity contribution in [2.24, 2.45) is 0 Å². The van der Waals surface area contributed by atoms with Crippen molar-refractivity contribution in [2.45, 2.75) is 6.36 Å². The van der Waals surface area contributed by atoms with E-state index in [-0.39, 0.29) is 5.75 Å². The second-order valence-electron chi connectivity index (χ2n) is 4.86. The van der Waals surface area contributed by atoms with Crippen LogP contribution in [0, 0.1) is 0 Å². The fraction of sp³-hybridized carbons (Fsp3) is 0.0556. The van der Waals surface area contributed by atoms with Gasteiger partial charge in [0.2, 0.25) is 0 Å². The molecule has 0 saturated heterocycles. The van der Waals surface area contributed by atoms with Gasteiger partial charge in [0.05, 0.1) is 0 Å². The summed E-state index contributed by atoms with van der Waals surface area (Å²) in [7, 11) is 0. The van der Waals surface area contributed by atoms with Crippen molar-refractivity contribution in [1.82, 2.24) is 0 Å². The van der Waals surface area contributed by atoms with E-state index in [0.717, 1.165) is 11.6 Å². The minimum atomic E-state index is -4.76. The van der Waals surface area contributed by atoms with Crippen LogP contribution in [-0.2, 0) is 4.79 Å². The largest absolute Gasteiger partial charge is 0.573 e. The highest BCUT2D eigenvalue weighted by atomic mass is 35.5. The normalized spacial score (nSPS) is 12.4. The lowest BCUT2D eigenvalue weighted by Gasteiger charge is -2.11. The Morgan fingerprint density at radius 3 is 2.00 bits per heavy atom. The second kappa shape index (κ2) is 7.90. The van der Waals surface area contributed by atoms with Gasteiger partial charge in [0, 0.05) is 11.1 Å². The molecule has 25 heavy (non-hydrogen) atoms. The second-order valence-corrected chi connectivity index (χ2v) is 5.29. The van der Waals surface area contributed by atoms with Crippen molar-refractivity contribution in [3.63, 3.8) is 0 Å². The minimum Gasteiger partial charge on any atom is -0.478 e. The zero-order valence-electron chi connectivity index (χ0n) is 12.6. The molecular weight excluding hydrogens is 357 g/mol. The van der Waals surface area contributed by atoms with E-state index in [9.17, 15) is 18.0 Å². The van der Waals surface area contributed by atoms with Crippen LogP contribution in [0.1, 0.15) is 11.1 Å². The highest BCUT2D eigenvalue weighted by Gasteiger charge is 2.30. The third-order valence-corrected chi connectivity index (χ3v) is 3.31. The molecule has 2 aromatic rings. The van der Waals surface area contributed by atoms with Crippen LogP contribution in [0.2, 0.25) is 5.02 Å². The van der Waals surface area contributed by atoms with Crippen LogP contribution in [0.4, 0.5) is 13.2 Å². The number of ether oxygens (including phenoxy) is 1. The molecule has 0 aliphatic carbocycles. The number of halogens is 4. The molecule has 0 aromatic heterocycles. The van der Waals surface area contributed by atoms with Crippen molar-refractivity contribution >= 4 is 23.1 Å². The van der Waals surface area contributed by atoms with Crippen LogP contribution in [0.15, 0.2) is 66.8 Å². The summed E-state index contributed by atoms with van der Waals surface area (Å²) in [5, 5.41) is 9.22. The monoisotopic (exact) mass is 368 g/mol. The summed E-state index contributed by atoms with van der Waals surface area (Å²) in [6, 6.07) is 12.1. The summed E-state index contributed by atoms with van der Waals surface area (Å²) in [6.45, 7) is 0. The summed E-state index contributed by atoms with van der Waals surface area (Å²) in [4.78, 5) is 10.6. The number of alkyl halides is 3. The summed E-state index contributed by atoms with van der Waals surface area (Å²) < 4.78 is 40.5. The molecule has 0 amide bonds. The van der Waals surface area contributed by atoms with Crippen molar-refractivity contribution in [2.75, 3.05) is 0 Å². The first-order chi connectivity index (χ1) is 11.7. The Balaban J connectivity index is 2.38. The van der Waals surface area contributed by atoms with Gasteiger partial charge in [-0.05, 0) is 41.0 Å². The quantitative estimate of drug-likeness (QED) is 0.574. The molecule has 0 bridgehead atoms. The SMILES string of the molecule is O=C(O)C=CC=C(c1ccc(Cl)cc1)c1ccc(OC(F)(F)F)cc1. The molecule has 0 aliphatic heterocycles. The first kappa shape index (κ1) is 18.6. The maximum absolute atomic E-state index is 12.2. The minimum absolute atomic E-state index is 0.340. The summed E-state index contributed by atoms with van der Waals surface area (Å²) in [6.07, 6.45) is -0.916. The molecule has 1 N–H and O–H groups in total. The molecule has 0 saturated carbocycles. The molecule has 130 valence electrons. The molecule has 0 spiro atoms. The zero-order chi connectivity index (χ0) is 18.4. The lowest BCUT2D eigenvalue weighted by atomic mass is 9.97. The number of hydrogen-bond acceptors (Lipinski definition) is 2. The molecule has 7 heteroatoms. The van der Waals surface area contributed by atoms with E-state index in [2.05, 4.69) is 4.74 Å². The predicted molar refractivity (Wildman–Crippen MR) is 88.4 cm³/mol. The molecule has 0 atom stereocenters. The van der Waals surface area contributed by atoms with Crippen LogP contribution in [0.5, 0.6) is 5.75 Å². The van der Waals surface area contributed by atoms with Crippen molar-refractivity contribution in [1.29, 1.82) is 0 Å². The number of carbonyl (C=O) groups is 1. The lowest BCUT2D eigenvalue weighted by molar-refractivity contribution is -0.274. The molecule has 2 rings (SSSR count). The summed E-state index contributed by atoms with van der Waals surface area (Å²) >= 11 is 5.86. The molecule has 0 heterocycles. The molecule has 0 unspecified atom stereocenters. The number of benzene rings is 2. The van der Waals surface area contributed by atoms with Gasteiger partial charge >= 0.3 is 12.3 Å². The van der Waals surface area contributed by atoms with E-state index in [1.165, 1.54) is 30.3 Å². The number of aliphatic carboxylic acids is 1. The Bertz CT molecular complexity index is 792. The summed E-state index contributed by atoms with van der Waals surface area (Å²) in [5.41, 5.74) is 1.93. The number of hydrogen-bond donors (Lipinski definition) is 1. The Kier molecular flexibility index (Phi) is 5.88. The molecular formula is C18H12ClF3O3. The number of rotatable bonds is 5. The van der Waals surface area contributed by atoms with Crippen LogP contribution in [0.25, 0.3) is 5.57 Å². The smallest absolute Gasteiger partial charge is 0.478 e. The number of allylic oxidation sites excluding steroid dienone is 2. The fourth-order valence-electron chi connectivity index (χ4n) is 2.05. The van der Waals surface area contributed by atoms with Gasteiger partial charge < -0.3 is 9.84 Å². The van der Waals surface area contributed by atoms with Gasteiger partial charge in [0.15, 0.2) is 0 Å². The van der Waals surface area contributed by atoms with E-state index in [1.54, 1.807) is 30.3 Å². The molecule has 0 radical (unpaired) electrons. The van der Waals surface area contributed by atoms with Gasteiger partial charge in [0.1, 0.15) is 5.75 Å². The third kappa shape index (κ3) is 6.00. The van der Waals surface area contributed by atoms with E-state index >= 15 is 0 Å². The Morgan fingerprint density at radius 1 is 1.00 bits per heavy atom. The average Bonchev–Trinajstić information content (AvgIpc) is 2.52. The topological polar surface area (TPSA) is 46.5 Å². The maximum atomic E-state index is 12.2. The lowest BCUT2D eigenvalue weighted by Crippen LogP contribution is -2.17. The van der Waals surface area contributed by atoms with Crippen molar-refractivity contribution < 1.29 is 27.8 Å². The van der Waals surface area contributed by atoms with Crippen molar-refractivity contribution in [3.05, 3.63) is 82.9 Å². The Hall–Kier alpha value is -2.73. The van der Waals surface area contributed by atoms with Crippen LogP contribution in [0.3, 0.4) is 0 Å². The predicted octanol–water partition coefficient (Wildman–Crippen LogP) is 5.31. The fourth-order valence-corrected chi connectivity index (χ4v) is 2.18. The number of carboxylic acids is 1. The molecule has 2 aromatic carbocycles. The van der Waals surface area contributed by atoms with Gasteiger partial charge in [-0.25, -0.2) is 4.79 Å². The van der Waals surface area contributed by atoms with Crippen LogP contribution >= 0.6 is 11.6 Å². The van der Waals surface area contributed by atoms with E-state index in [0.29, 0.717) is 16.2 Å². The zero-order valence-corrected chi connectivity index (χ0v) is 13.4. The third-order valence-electron chi connectivity index (χ3n) is 3.06. The number of carboxylic acid groups (broad SMARTS) is 1. The Morgan fingerprint density at radius 2 is 1.52 bits per heavy atom. The van der Waals surface area contributed by atoms with Gasteiger partial charge in [-0.2, -0.15) is 0 Å². The van der Waals surface area contributed by atoms with Gasteiger partial charge in [-0.15, -0.1) is 13.2 Å². The van der Waals surface area contributed by atoms with E-state index in [1.807, 2.05) is 0 Å². The van der Waals surface area contributed by atoms with Crippen LogP contribution < -0.4 is 4.74 Å². The van der Waals surface area contributed by atoms with Gasteiger partial charge in [0.25, 0.3) is 0 Å². The highest BCUT2D eigenvalue weighted by Crippen LogP contribution is 2.28. The first-order valence-electron chi connectivity index (χ1n) is 6.98. The van der Waals surface area contributed by atoms with Gasteiger partial charge in [-0.3, -0.25) is 0 Å². The average molecular weight is 369 g/mol. The first-order valence-corrected chi connectivity index (χ1v) is 7.36. The molecule has 0 aliphatic rings. The molecule has 3 nitrogen and oxygen atoms in total. The Labute approximate surface area is 146 Å².